The molecule has 1 aliphatic rings. The van der Waals surface area contributed by atoms with E-state index >= 15 is 0 Å². The summed E-state index contributed by atoms with van der Waals surface area (Å²) in [5, 5.41) is 3.09. The number of rotatable bonds is 5. The summed E-state index contributed by atoms with van der Waals surface area (Å²) >= 11 is 0. The SMILES string of the molecule is COc1ccc(OC)c2c1C[C@@H]2C(=O)N[C@@H](C)c1ccccc1. The summed E-state index contributed by atoms with van der Waals surface area (Å²) < 4.78 is 10.8. The van der Waals surface area contributed by atoms with E-state index in [9.17, 15) is 4.79 Å². The van der Waals surface area contributed by atoms with Gasteiger partial charge in [-0.05, 0) is 31.0 Å². The Bertz CT molecular complexity index is 712. The molecule has 120 valence electrons. The molecular formula is C19H21NO3. The number of hydrogen-bond donors (Lipinski definition) is 1. The van der Waals surface area contributed by atoms with Crippen LogP contribution in [-0.4, -0.2) is 20.1 Å². The summed E-state index contributed by atoms with van der Waals surface area (Å²) in [6.07, 6.45) is 0.684. The molecule has 23 heavy (non-hydrogen) atoms. The summed E-state index contributed by atoms with van der Waals surface area (Å²) in [6, 6.07) is 13.7. The van der Waals surface area contributed by atoms with E-state index in [-0.39, 0.29) is 17.9 Å². The highest BCUT2D eigenvalue weighted by atomic mass is 16.5. The van der Waals surface area contributed by atoms with Crippen molar-refractivity contribution in [1.82, 2.24) is 5.32 Å². The van der Waals surface area contributed by atoms with Crippen molar-refractivity contribution in [2.24, 2.45) is 0 Å². The Labute approximate surface area is 136 Å². The van der Waals surface area contributed by atoms with E-state index in [1.165, 1.54) is 0 Å². The Hall–Kier alpha value is -2.49. The van der Waals surface area contributed by atoms with Gasteiger partial charge in [-0.25, -0.2) is 0 Å². The average molecular weight is 311 g/mol. The molecule has 0 saturated carbocycles. The van der Waals surface area contributed by atoms with Crippen molar-refractivity contribution in [3.63, 3.8) is 0 Å². The van der Waals surface area contributed by atoms with Gasteiger partial charge in [0, 0.05) is 11.1 Å². The van der Waals surface area contributed by atoms with Gasteiger partial charge in [-0.1, -0.05) is 30.3 Å². The highest BCUT2D eigenvalue weighted by Gasteiger charge is 2.38. The maximum absolute atomic E-state index is 12.6. The second-order valence-electron chi connectivity index (χ2n) is 5.76. The monoisotopic (exact) mass is 311 g/mol. The summed E-state index contributed by atoms with van der Waals surface area (Å²) in [6.45, 7) is 2.00. The quantitative estimate of drug-likeness (QED) is 0.922. The Kier molecular flexibility index (Phi) is 4.24. The Balaban J connectivity index is 1.78. The number of benzene rings is 2. The predicted molar refractivity (Wildman–Crippen MR) is 89.0 cm³/mol. The topological polar surface area (TPSA) is 47.6 Å². The number of amides is 1. The zero-order chi connectivity index (χ0) is 16.4. The van der Waals surface area contributed by atoms with Gasteiger partial charge in [0.05, 0.1) is 26.2 Å². The number of carbonyl (C=O) groups excluding carboxylic acids is 1. The minimum absolute atomic E-state index is 0.0237. The first-order valence-electron chi connectivity index (χ1n) is 7.74. The molecule has 0 aromatic heterocycles. The van der Waals surface area contributed by atoms with Gasteiger partial charge in [0.1, 0.15) is 11.5 Å². The number of fused-ring (bicyclic) bond motifs is 1. The zero-order valence-electron chi connectivity index (χ0n) is 13.6. The molecule has 0 bridgehead atoms. The standard InChI is InChI=1S/C19H21NO3/c1-12(13-7-5-4-6-8-13)20-19(21)15-11-14-16(22-2)9-10-17(23-3)18(14)15/h4-10,12,15H,11H2,1-3H3,(H,20,21)/t12-,15-/m0/s1. The molecule has 0 aliphatic heterocycles. The molecule has 1 amide bonds. The van der Waals surface area contributed by atoms with Gasteiger partial charge in [0.2, 0.25) is 5.91 Å². The third-order valence-corrected chi connectivity index (χ3v) is 4.45. The Morgan fingerprint density at radius 1 is 1.09 bits per heavy atom. The van der Waals surface area contributed by atoms with Crippen LogP contribution in [0.5, 0.6) is 11.5 Å². The van der Waals surface area contributed by atoms with E-state index in [4.69, 9.17) is 9.47 Å². The van der Waals surface area contributed by atoms with Crippen LogP contribution in [0.4, 0.5) is 0 Å². The van der Waals surface area contributed by atoms with Gasteiger partial charge < -0.3 is 14.8 Å². The number of nitrogens with one attached hydrogen (secondary N) is 1. The molecule has 0 spiro atoms. The van der Waals surface area contributed by atoms with Crippen molar-refractivity contribution in [3.05, 3.63) is 59.2 Å². The molecule has 2 aromatic carbocycles. The molecule has 0 heterocycles. The summed E-state index contributed by atoms with van der Waals surface area (Å²) in [5.41, 5.74) is 3.11. The summed E-state index contributed by atoms with van der Waals surface area (Å²) in [7, 11) is 3.27. The van der Waals surface area contributed by atoms with Crippen molar-refractivity contribution in [2.45, 2.75) is 25.3 Å². The van der Waals surface area contributed by atoms with Gasteiger partial charge in [0.15, 0.2) is 0 Å². The fourth-order valence-electron chi connectivity index (χ4n) is 3.12. The van der Waals surface area contributed by atoms with E-state index < -0.39 is 0 Å². The molecule has 4 nitrogen and oxygen atoms in total. The second-order valence-corrected chi connectivity index (χ2v) is 5.76. The fourth-order valence-corrected chi connectivity index (χ4v) is 3.12. The predicted octanol–water partition coefficient (Wildman–Crippen LogP) is 3.22. The van der Waals surface area contributed by atoms with Crippen LogP contribution in [0.3, 0.4) is 0 Å². The molecule has 0 unspecified atom stereocenters. The maximum Gasteiger partial charge on any atom is 0.228 e. The molecule has 1 N–H and O–H groups in total. The van der Waals surface area contributed by atoms with Crippen LogP contribution in [0.1, 0.15) is 35.6 Å². The van der Waals surface area contributed by atoms with Gasteiger partial charge in [-0.15, -0.1) is 0 Å². The van der Waals surface area contributed by atoms with Crippen molar-refractivity contribution >= 4 is 5.91 Å². The molecule has 1 aliphatic carbocycles. The highest BCUT2D eigenvalue weighted by molar-refractivity contribution is 5.89. The van der Waals surface area contributed by atoms with E-state index in [0.717, 1.165) is 28.2 Å². The summed E-state index contributed by atoms with van der Waals surface area (Å²) in [5.74, 6) is 1.42. The largest absolute Gasteiger partial charge is 0.496 e. The van der Waals surface area contributed by atoms with Crippen molar-refractivity contribution in [1.29, 1.82) is 0 Å². The van der Waals surface area contributed by atoms with Crippen molar-refractivity contribution < 1.29 is 14.3 Å². The van der Waals surface area contributed by atoms with Gasteiger partial charge >= 0.3 is 0 Å². The minimum atomic E-state index is -0.179. The van der Waals surface area contributed by atoms with Crippen molar-refractivity contribution in [3.8, 4) is 11.5 Å². The number of methoxy groups -OCH3 is 2. The molecule has 3 rings (SSSR count). The molecule has 2 aromatic rings. The fraction of sp³-hybridized carbons (Fsp3) is 0.316. The first-order chi connectivity index (χ1) is 11.2. The average Bonchev–Trinajstić information content (AvgIpc) is 2.55. The normalized spacial score (nSPS) is 16.7. The summed E-state index contributed by atoms with van der Waals surface area (Å²) in [4.78, 5) is 12.6. The molecule has 0 radical (unpaired) electrons. The highest BCUT2D eigenvalue weighted by Crippen LogP contribution is 2.46. The lowest BCUT2D eigenvalue weighted by molar-refractivity contribution is -0.123. The second kappa shape index (κ2) is 6.32. The third-order valence-electron chi connectivity index (χ3n) is 4.45. The lowest BCUT2D eigenvalue weighted by Gasteiger charge is -2.33. The maximum atomic E-state index is 12.6. The molecule has 2 atom stereocenters. The van der Waals surface area contributed by atoms with E-state index in [2.05, 4.69) is 5.32 Å². The van der Waals surface area contributed by atoms with Crippen LogP contribution >= 0.6 is 0 Å². The van der Waals surface area contributed by atoms with Crippen LogP contribution in [0.15, 0.2) is 42.5 Å². The lowest BCUT2D eigenvalue weighted by atomic mass is 9.75. The van der Waals surface area contributed by atoms with Gasteiger partial charge in [-0.2, -0.15) is 0 Å². The van der Waals surface area contributed by atoms with E-state index in [1.54, 1.807) is 14.2 Å². The smallest absolute Gasteiger partial charge is 0.228 e. The van der Waals surface area contributed by atoms with Crippen LogP contribution < -0.4 is 14.8 Å². The first kappa shape index (κ1) is 15.4. The van der Waals surface area contributed by atoms with E-state index in [1.807, 2.05) is 49.4 Å². The van der Waals surface area contributed by atoms with Crippen LogP contribution in [0.25, 0.3) is 0 Å². The van der Waals surface area contributed by atoms with Gasteiger partial charge in [0.25, 0.3) is 0 Å². The zero-order valence-corrected chi connectivity index (χ0v) is 13.6. The van der Waals surface area contributed by atoms with Crippen LogP contribution in [0, 0.1) is 0 Å². The number of hydrogen-bond acceptors (Lipinski definition) is 3. The third kappa shape index (κ3) is 2.77. The first-order valence-corrected chi connectivity index (χ1v) is 7.74. The molecular weight excluding hydrogens is 290 g/mol. The van der Waals surface area contributed by atoms with Crippen molar-refractivity contribution in [2.75, 3.05) is 14.2 Å². The van der Waals surface area contributed by atoms with Gasteiger partial charge in [-0.3, -0.25) is 4.79 Å². The Morgan fingerprint density at radius 3 is 2.39 bits per heavy atom. The molecule has 0 fully saturated rings. The molecule has 0 saturated heterocycles. The number of carbonyl (C=O) groups is 1. The van der Waals surface area contributed by atoms with Crippen LogP contribution in [0.2, 0.25) is 0 Å². The van der Waals surface area contributed by atoms with E-state index in [0.29, 0.717) is 6.42 Å². The lowest BCUT2D eigenvalue weighted by Crippen LogP contribution is -2.37. The molecule has 4 heteroatoms. The Morgan fingerprint density at radius 2 is 1.74 bits per heavy atom. The van der Waals surface area contributed by atoms with Crippen LogP contribution in [-0.2, 0) is 11.2 Å². The minimum Gasteiger partial charge on any atom is -0.496 e. The number of ether oxygens (including phenoxy) is 2.